The third-order valence-electron chi connectivity index (χ3n) is 1.99. The van der Waals surface area contributed by atoms with E-state index in [0.717, 1.165) is 16.1 Å². The van der Waals surface area contributed by atoms with Crippen LogP contribution in [0.4, 0.5) is 5.69 Å². The zero-order valence-electron chi connectivity index (χ0n) is 8.28. The van der Waals surface area contributed by atoms with Crippen molar-refractivity contribution >= 4 is 23.4 Å². The number of benzene rings is 1. The lowest BCUT2D eigenvalue weighted by molar-refractivity contribution is -0.117. The van der Waals surface area contributed by atoms with Crippen LogP contribution < -0.4 is 11.5 Å². The summed E-state index contributed by atoms with van der Waals surface area (Å²) in [6, 6.07) is 5.75. The summed E-state index contributed by atoms with van der Waals surface area (Å²) >= 11 is 1.39. The van der Waals surface area contributed by atoms with E-state index in [1.165, 1.54) is 11.8 Å². The molecule has 1 aromatic rings. The molecule has 0 aliphatic heterocycles. The second-order valence-electron chi connectivity index (χ2n) is 3.15. The first-order valence-corrected chi connectivity index (χ1v) is 5.21. The van der Waals surface area contributed by atoms with Crippen LogP contribution in [0.2, 0.25) is 0 Å². The van der Waals surface area contributed by atoms with E-state index in [1.54, 1.807) is 6.92 Å². The van der Waals surface area contributed by atoms with Crippen LogP contribution in [0.3, 0.4) is 0 Å². The number of primary amides is 1. The van der Waals surface area contributed by atoms with Gasteiger partial charge in [-0.1, -0.05) is 12.1 Å². The maximum absolute atomic E-state index is 10.9. The van der Waals surface area contributed by atoms with Crippen LogP contribution >= 0.6 is 11.8 Å². The SMILES string of the molecule is Cc1cccc(SC(C)C(N)=O)c1N. The number of hydrogen-bond donors (Lipinski definition) is 2. The molecular formula is C10H14N2OS. The summed E-state index contributed by atoms with van der Waals surface area (Å²) in [6.07, 6.45) is 0. The second kappa shape index (κ2) is 4.37. The van der Waals surface area contributed by atoms with Gasteiger partial charge in [-0.2, -0.15) is 0 Å². The first-order valence-electron chi connectivity index (χ1n) is 4.33. The number of nitrogens with two attached hydrogens (primary N) is 2. The molecular weight excluding hydrogens is 196 g/mol. The van der Waals surface area contributed by atoms with Crippen molar-refractivity contribution in [3.8, 4) is 0 Å². The molecule has 0 aromatic heterocycles. The van der Waals surface area contributed by atoms with Crippen LogP contribution in [0.5, 0.6) is 0 Å². The fraction of sp³-hybridized carbons (Fsp3) is 0.300. The molecule has 0 heterocycles. The number of rotatable bonds is 3. The van der Waals surface area contributed by atoms with Gasteiger partial charge in [-0.25, -0.2) is 0 Å². The molecule has 76 valence electrons. The Morgan fingerprint density at radius 3 is 2.71 bits per heavy atom. The van der Waals surface area contributed by atoms with Gasteiger partial charge in [0.2, 0.25) is 5.91 Å². The lowest BCUT2D eigenvalue weighted by Gasteiger charge is -2.10. The van der Waals surface area contributed by atoms with E-state index >= 15 is 0 Å². The minimum absolute atomic E-state index is 0.251. The van der Waals surface area contributed by atoms with Crippen molar-refractivity contribution in [2.45, 2.75) is 24.0 Å². The molecule has 0 aliphatic carbocycles. The van der Waals surface area contributed by atoms with Gasteiger partial charge in [0.25, 0.3) is 0 Å². The fourth-order valence-electron chi connectivity index (χ4n) is 1.01. The van der Waals surface area contributed by atoms with Crippen molar-refractivity contribution in [3.63, 3.8) is 0 Å². The number of nitrogen functional groups attached to an aromatic ring is 1. The summed E-state index contributed by atoms with van der Waals surface area (Å²) in [5.41, 5.74) is 12.8. The van der Waals surface area contributed by atoms with Gasteiger partial charge in [0.15, 0.2) is 0 Å². The summed E-state index contributed by atoms with van der Waals surface area (Å²) in [5.74, 6) is -0.323. The van der Waals surface area contributed by atoms with E-state index in [0.29, 0.717) is 0 Å². The molecule has 3 nitrogen and oxygen atoms in total. The monoisotopic (exact) mass is 210 g/mol. The number of aryl methyl sites for hydroxylation is 1. The Hall–Kier alpha value is -1.16. The Balaban J connectivity index is 2.87. The largest absolute Gasteiger partial charge is 0.398 e. The number of amides is 1. The number of anilines is 1. The first kappa shape index (κ1) is 10.9. The van der Waals surface area contributed by atoms with Crippen LogP contribution in [-0.2, 0) is 4.79 Å². The lowest BCUT2D eigenvalue weighted by Crippen LogP contribution is -2.22. The van der Waals surface area contributed by atoms with Gasteiger partial charge in [-0.3, -0.25) is 4.79 Å². The maximum atomic E-state index is 10.9. The fourth-order valence-corrected chi connectivity index (χ4v) is 1.95. The minimum Gasteiger partial charge on any atom is -0.398 e. The summed E-state index contributed by atoms with van der Waals surface area (Å²) < 4.78 is 0. The van der Waals surface area contributed by atoms with E-state index in [-0.39, 0.29) is 11.2 Å². The summed E-state index contributed by atoms with van der Waals surface area (Å²) in [7, 11) is 0. The molecule has 0 saturated heterocycles. The highest BCUT2D eigenvalue weighted by molar-refractivity contribution is 8.00. The number of hydrogen-bond acceptors (Lipinski definition) is 3. The van der Waals surface area contributed by atoms with E-state index in [9.17, 15) is 4.79 Å². The molecule has 0 spiro atoms. The number of carbonyl (C=O) groups is 1. The molecule has 4 N–H and O–H groups in total. The third kappa shape index (κ3) is 2.42. The van der Waals surface area contributed by atoms with Crippen LogP contribution in [0, 0.1) is 6.92 Å². The molecule has 0 radical (unpaired) electrons. The van der Waals surface area contributed by atoms with E-state index < -0.39 is 0 Å². The zero-order chi connectivity index (χ0) is 10.7. The van der Waals surface area contributed by atoms with Gasteiger partial charge in [0.1, 0.15) is 0 Å². The van der Waals surface area contributed by atoms with Crippen molar-refractivity contribution in [3.05, 3.63) is 23.8 Å². The Bertz CT molecular complexity index is 352. The van der Waals surface area contributed by atoms with Crippen molar-refractivity contribution in [2.24, 2.45) is 5.73 Å². The van der Waals surface area contributed by atoms with E-state index in [2.05, 4.69) is 0 Å². The average molecular weight is 210 g/mol. The standard InChI is InChI=1S/C10H14N2OS/c1-6-4-3-5-8(9(6)11)14-7(2)10(12)13/h3-5,7H,11H2,1-2H3,(H2,12,13). The predicted octanol–water partition coefficient (Wildman–Crippen LogP) is 1.54. The highest BCUT2D eigenvalue weighted by Crippen LogP contribution is 2.30. The summed E-state index contributed by atoms with van der Waals surface area (Å²) in [5, 5.41) is -0.251. The van der Waals surface area contributed by atoms with Crippen LogP contribution in [0.25, 0.3) is 0 Å². The molecule has 1 rings (SSSR count). The van der Waals surface area contributed by atoms with Crippen molar-refractivity contribution in [1.29, 1.82) is 0 Å². The molecule has 0 bridgehead atoms. The van der Waals surface area contributed by atoms with Gasteiger partial charge < -0.3 is 11.5 Å². The number of thioether (sulfide) groups is 1. The Morgan fingerprint density at radius 1 is 1.50 bits per heavy atom. The average Bonchev–Trinajstić information content (AvgIpc) is 2.12. The molecule has 1 unspecified atom stereocenters. The van der Waals surface area contributed by atoms with Gasteiger partial charge in [0.05, 0.1) is 5.25 Å². The highest BCUT2D eigenvalue weighted by atomic mass is 32.2. The Labute approximate surface area is 87.9 Å². The molecule has 1 amide bonds. The molecule has 4 heteroatoms. The molecule has 0 fully saturated rings. The highest BCUT2D eigenvalue weighted by Gasteiger charge is 2.12. The van der Waals surface area contributed by atoms with E-state index in [4.69, 9.17) is 11.5 Å². The Morgan fingerprint density at radius 2 is 2.14 bits per heavy atom. The second-order valence-corrected chi connectivity index (χ2v) is 4.53. The molecule has 0 aliphatic rings. The zero-order valence-corrected chi connectivity index (χ0v) is 9.10. The Kier molecular flexibility index (Phi) is 3.41. The van der Waals surface area contributed by atoms with Gasteiger partial charge in [-0.05, 0) is 25.5 Å². The molecule has 0 saturated carbocycles. The van der Waals surface area contributed by atoms with Crippen molar-refractivity contribution in [2.75, 3.05) is 5.73 Å². The van der Waals surface area contributed by atoms with Gasteiger partial charge in [-0.15, -0.1) is 11.8 Å². The minimum atomic E-state index is -0.323. The molecule has 14 heavy (non-hydrogen) atoms. The quantitative estimate of drug-likeness (QED) is 0.587. The van der Waals surface area contributed by atoms with Crippen LogP contribution in [0.15, 0.2) is 23.1 Å². The number of para-hydroxylation sites is 1. The molecule has 1 atom stereocenters. The third-order valence-corrected chi connectivity index (χ3v) is 3.18. The predicted molar refractivity (Wildman–Crippen MR) is 60.1 cm³/mol. The van der Waals surface area contributed by atoms with Gasteiger partial charge >= 0.3 is 0 Å². The topological polar surface area (TPSA) is 69.1 Å². The number of carbonyl (C=O) groups excluding carboxylic acids is 1. The lowest BCUT2D eigenvalue weighted by atomic mass is 10.2. The smallest absolute Gasteiger partial charge is 0.230 e. The van der Waals surface area contributed by atoms with Crippen molar-refractivity contribution < 1.29 is 4.79 Å². The molecule has 1 aromatic carbocycles. The van der Waals surface area contributed by atoms with E-state index in [1.807, 2.05) is 25.1 Å². The normalized spacial score (nSPS) is 12.4. The van der Waals surface area contributed by atoms with Crippen LogP contribution in [0.1, 0.15) is 12.5 Å². The summed E-state index contributed by atoms with van der Waals surface area (Å²) in [6.45, 7) is 3.71. The van der Waals surface area contributed by atoms with Gasteiger partial charge in [0, 0.05) is 10.6 Å². The maximum Gasteiger partial charge on any atom is 0.230 e. The summed E-state index contributed by atoms with van der Waals surface area (Å²) in [4.78, 5) is 11.8. The van der Waals surface area contributed by atoms with Crippen LogP contribution in [-0.4, -0.2) is 11.2 Å². The van der Waals surface area contributed by atoms with Crippen molar-refractivity contribution in [1.82, 2.24) is 0 Å². The first-order chi connectivity index (χ1) is 6.52.